The molecule has 0 aromatic heterocycles. The zero-order valence-electron chi connectivity index (χ0n) is 8.38. The van der Waals surface area contributed by atoms with Gasteiger partial charge in [0.2, 0.25) is 11.8 Å². The molecule has 0 saturated carbocycles. The highest BCUT2D eigenvalue weighted by Gasteiger charge is 2.26. The molecule has 0 radical (unpaired) electrons. The maximum absolute atomic E-state index is 11.2. The van der Waals surface area contributed by atoms with E-state index in [1.165, 1.54) is 23.5 Å². The quantitative estimate of drug-likeness (QED) is 0.764. The van der Waals surface area contributed by atoms with Crippen LogP contribution >= 0.6 is 23.5 Å². The molecule has 0 unspecified atom stereocenters. The maximum Gasteiger partial charge on any atom is 0.248 e. The summed E-state index contributed by atoms with van der Waals surface area (Å²) in [4.78, 5) is 25.8. The Morgan fingerprint density at radius 3 is 3.19 bits per heavy atom. The van der Waals surface area contributed by atoms with Gasteiger partial charge in [0, 0.05) is 13.0 Å². The van der Waals surface area contributed by atoms with Gasteiger partial charge in [-0.2, -0.15) is 10.1 Å². The number of fused-ring (bicyclic) bond motifs is 1. The fourth-order valence-corrected chi connectivity index (χ4v) is 2.99. The predicted molar refractivity (Wildman–Crippen MR) is 65.1 cm³/mol. The van der Waals surface area contributed by atoms with Crippen molar-refractivity contribution in [3.8, 4) is 0 Å². The van der Waals surface area contributed by atoms with Gasteiger partial charge >= 0.3 is 0 Å². The first-order chi connectivity index (χ1) is 7.65. The van der Waals surface area contributed by atoms with Crippen molar-refractivity contribution >= 4 is 44.9 Å². The maximum atomic E-state index is 11.2. The highest BCUT2D eigenvalue weighted by molar-refractivity contribution is 8.45. The zero-order chi connectivity index (χ0) is 11.5. The fraction of sp³-hybridized carbons (Fsp3) is 0.500. The number of primary amides is 1. The summed E-state index contributed by atoms with van der Waals surface area (Å²) in [5.41, 5.74) is 5.04. The van der Waals surface area contributed by atoms with Crippen LogP contribution in [0.25, 0.3) is 0 Å². The summed E-state index contributed by atoms with van der Waals surface area (Å²) < 4.78 is 0.715. The van der Waals surface area contributed by atoms with E-state index >= 15 is 0 Å². The van der Waals surface area contributed by atoms with Crippen molar-refractivity contribution in [2.24, 2.45) is 15.8 Å². The minimum absolute atomic E-state index is 0.110. The van der Waals surface area contributed by atoms with Crippen LogP contribution in [0.1, 0.15) is 12.8 Å². The molecule has 2 amide bonds. The smallest absolute Gasteiger partial charge is 0.248 e. The van der Waals surface area contributed by atoms with Gasteiger partial charge < -0.3 is 5.73 Å². The average Bonchev–Trinajstić information content (AvgIpc) is 2.50. The highest BCUT2D eigenvalue weighted by atomic mass is 32.2. The van der Waals surface area contributed by atoms with Gasteiger partial charge in [0.1, 0.15) is 0 Å². The fourth-order valence-electron chi connectivity index (χ4n) is 1.25. The molecule has 0 atom stereocenters. The number of carbonyl (C=O) groups is 2. The summed E-state index contributed by atoms with van der Waals surface area (Å²) >= 11 is 2.58. The largest absolute Gasteiger partial charge is 0.369 e. The monoisotopic (exact) mass is 258 g/mol. The molecular weight excluding hydrogens is 248 g/mol. The number of nitrogens with two attached hydrogens (primary N) is 1. The number of thioether (sulfide) groups is 2. The molecule has 6 nitrogen and oxygen atoms in total. The third-order valence-electron chi connectivity index (χ3n) is 1.92. The van der Waals surface area contributed by atoms with E-state index in [-0.39, 0.29) is 17.6 Å². The second kappa shape index (κ2) is 4.88. The van der Waals surface area contributed by atoms with Gasteiger partial charge in [0.25, 0.3) is 0 Å². The Hall–Kier alpha value is -1.02. The third kappa shape index (κ3) is 2.76. The van der Waals surface area contributed by atoms with Gasteiger partial charge in [-0.15, -0.1) is 0 Å². The molecule has 2 rings (SSSR count). The van der Waals surface area contributed by atoms with Crippen molar-refractivity contribution in [1.82, 2.24) is 5.01 Å². The van der Waals surface area contributed by atoms with Crippen molar-refractivity contribution < 1.29 is 9.59 Å². The van der Waals surface area contributed by atoms with Crippen molar-refractivity contribution in [2.45, 2.75) is 12.8 Å². The van der Waals surface area contributed by atoms with E-state index in [4.69, 9.17) is 5.73 Å². The van der Waals surface area contributed by atoms with Gasteiger partial charge in [-0.1, -0.05) is 11.8 Å². The van der Waals surface area contributed by atoms with Gasteiger partial charge in [-0.3, -0.25) is 9.59 Å². The van der Waals surface area contributed by atoms with Crippen LogP contribution in [0.2, 0.25) is 0 Å². The van der Waals surface area contributed by atoms with Crippen LogP contribution < -0.4 is 5.73 Å². The molecule has 0 fully saturated rings. The number of nitrogens with zero attached hydrogens (tertiary/aromatic N) is 3. The second-order valence-electron chi connectivity index (χ2n) is 3.24. The van der Waals surface area contributed by atoms with Crippen LogP contribution in [0.15, 0.2) is 10.1 Å². The second-order valence-corrected chi connectivity index (χ2v) is 5.42. The van der Waals surface area contributed by atoms with Crippen LogP contribution in [0.3, 0.4) is 0 Å². The summed E-state index contributed by atoms with van der Waals surface area (Å²) in [6.07, 6.45) is 1.23. The minimum Gasteiger partial charge on any atom is -0.369 e. The van der Waals surface area contributed by atoms with Crippen molar-refractivity contribution in [2.75, 3.05) is 12.3 Å². The number of amidine groups is 1. The van der Waals surface area contributed by atoms with Gasteiger partial charge in [-0.05, 0) is 18.2 Å². The lowest BCUT2D eigenvalue weighted by Gasteiger charge is -2.08. The molecule has 2 aliphatic rings. The minimum atomic E-state index is -0.381. The Kier molecular flexibility index (Phi) is 3.49. The topological polar surface area (TPSA) is 88.1 Å². The molecule has 2 heterocycles. The summed E-state index contributed by atoms with van der Waals surface area (Å²) in [5, 5.41) is 6.57. The highest BCUT2D eigenvalue weighted by Crippen LogP contribution is 2.29. The Balaban J connectivity index is 2.01. The first-order valence-corrected chi connectivity index (χ1v) is 6.52. The van der Waals surface area contributed by atoms with Crippen LogP contribution in [0, 0.1) is 0 Å². The van der Waals surface area contributed by atoms with E-state index in [1.54, 1.807) is 5.01 Å². The van der Waals surface area contributed by atoms with Gasteiger partial charge in [0.05, 0.1) is 5.75 Å². The number of rotatable bonds is 2. The summed E-state index contributed by atoms with van der Waals surface area (Å²) in [6, 6.07) is 0. The first-order valence-electron chi connectivity index (χ1n) is 4.72. The number of carbonyl (C=O) groups excluding carboxylic acids is 2. The average molecular weight is 258 g/mol. The number of hydrazone groups is 1. The van der Waals surface area contributed by atoms with E-state index in [0.29, 0.717) is 22.5 Å². The summed E-state index contributed by atoms with van der Waals surface area (Å²) in [6.45, 7) is 0.693. The van der Waals surface area contributed by atoms with E-state index in [9.17, 15) is 9.59 Å². The Morgan fingerprint density at radius 2 is 2.44 bits per heavy atom. The van der Waals surface area contributed by atoms with Crippen LogP contribution in [-0.4, -0.2) is 38.7 Å². The molecule has 2 aliphatic heterocycles. The Bertz CT molecular complexity index is 393. The van der Waals surface area contributed by atoms with Crippen molar-refractivity contribution in [3.05, 3.63) is 0 Å². The molecule has 8 heteroatoms. The molecular formula is C8H10N4O2S2. The zero-order valence-corrected chi connectivity index (χ0v) is 10.0. The van der Waals surface area contributed by atoms with Crippen molar-refractivity contribution in [3.63, 3.8) is 0 Å². The standard InChI is InChI=1S/C8H10N4O2S2/c9-5(13)4-15-8-11-12-3-1-2-6(14)10-7(12)16-8/h1-4H2,(H2,9,13). The molecule has 16 heavy (non-hydrogen) atoms. The molecule has 0 aromatic rings. The molecule has 2 N–H and O–H groups in total. The lowest BCUT2D eigenvalue weighted by atomic mass is 10.3. The first kappa shape index (κ1) is 11.5. The SMILES string of the molecule is NC(=O)CSC1=NN2CCCC(=O)N=C2S1. The van der Waals surface area contributed by atoms with E-state index in [0.717, 1.165) is 6.42 Å². The van der Waals surface area contributed by atoms with Crippen molar-refractivity contribution in [1.29, 1.82) is 0 Å². The molecule has 0 bridgehead atoms. The number of amides is 2. The number of hydrogen-bond donors (Lipinski definition) is 1. The Morgan fingerprint density at radius 1 is 1.62 bits per heavy atom. The Labute approximate surface area is 101 Å². The van der Waals surface area contributed by atoms with Crippen LogP contribution in [-0.2, 0) is 9.59 Å². The normalized spacial score (nSPS) is 20.0. The number of aliphatic imine (C=N–C) groups is 1. The predicted octanol–water partition coefficient (Wildman–Crippen LogP) is 0.201. The van der Waals surface area contributed by atoms with Gasteiger partial charge in [0.15, 0.2) is 9.54 Å². The molecule has 0 saturated heterocycles. The summed E-state index contributed by atoms with van der Waals surface area (Å²) in [7, 11) is 0. The van der Waals surface area contributed by atoms with Crippen LogP contribution in [0.4, 0.5) is 0 Å². The molecule has 0 spiro atoms. The molecule has 0 aliphatic carbocycles. The third-order valence-corrected chi connectivity index (χ3v) is 4.02. The van der Waals surface area contributed by atoms with E-state index in [1.807, 2.05) is 0 Å². The van der Waals surface area contributed by atoms with Crippen LogP contribution in [0.5, 0.6) is 0 Å². The number of hydrogen-bond acceptors (Lipinski definition) is 6. The van der Waals surface area contributed by atoms with E-state index in [2.05, 4.69) is 10.1 Å². The lowest BCUT2D eigenvalue weighted by Crippen LogP contribution is -2.18. The van der Waals surface area contributed by atoms with E-state index < -0.39 is 0 Å². The molecule has 0 aromatic carbocycles. The lowest BCUT2D eigenvalue weighted by molar-refractivity contribution is -0.118. The summed E-state index contributed by atoms with van der Waals surface area (Å²) in [5.74, 6) is -0.296. The molecule has 86 valence electrons. The van der Waals surface area contributed by atoms with Gasteiger partial charge in [-0.25, -0.2) is 5.01 Å².